The number of nitrogens with one attached hydrogen (secondary N) is 1. The summed E-state index contributed by atoms with van der Waals surface area (Å²) in [6.45, 7) is 2.47. The van der Waals surface area contributed by atoms with Gasteiger partial charge in [0.15, 0.2) is 0 Å². The molecule has 1 aromatic heterocycles. The number of hydrogen-bond acceptors (Lipinski definition) is 5. The van der Waals surface area contributed by atoms with E-state index in [1.165, 1.54) is 4.90 Å². The topological polar surface area (TPSA) is 79.4 Å². The van der Waals surface area contributed by atoms with Gasteiger partial charge in [-0.15, -0.1) is 11.3 Å². The molecule has 2 heterocycles. The summed E-state index contributed by atoms with van der Waals surface area (Å²) in [5.74, 6) is -0.735. The summed E-state index contributed by atoms with van der Waals surface area (Å²) < 4.78 is 0. The lowest BCUT2D eigenvalue weighted by molar-refractivity contribution is 0.0548. The minimum Gasteiger partial charge on any atom is -0.352 e. The number of carbonyl (C=O) groups is 3. The lowest BCUT2D eigenvalue weighted by Crippen LogP contribution is -2.40. The van der Waals surface area contributed by atoms with Gasteiger partial charge in [0, 0.05) is 29.1 Å². The molecule has 0 unspecified atom stereocenters. The number of imide groups is 1. The summed E-state index contributed by atoms with van der Waals surface area (Å²) in [5.41, 5.74) is 4.33. The third-order valence-corrected chi connectivity index (χ3v) is 7.46. The van der Waals surface area contributed by atoms with Crippen molar-refractivity contribution in [1.29, 1.82) is 0 Å². The van der Waals surface area contributed by atoms with E-state index in [1.807, 2.05) is 24.4 Å². The van der Waals surface area contributed by atoms with Gasteiger partial charge in [0.25, 0.3) is 17.7 Å². The van der Waals surface area contributed by atoms with Crippen LogP contribution in [0.15, 0.2) is 47.8 Å². The predicted octanol–water partition coefficient (Wildman–Crippen LogP) is 5.02. The molecule has 174 valence electrons. The molecule has 0 spiro atoms. The first-order valence-corrected chi connectivity index (χ1v) is 12.7. The smallest absolute Gasteiger partial charge is 0.261 e. The van der Waals surface area contributed by atoms with E-state index in [9.17, 15) is 14.4 Å². The lowest BCUT2D eigenvalue weighted by Gasteiger charge is -2.29. The average molecular weight is 474 g/mol. The number of aromatic nitrogens is 1. The highest BCUT2D eigenvalue weighted by molar-refractivity contribution is 7.09. The summed E-state index contributed by atoms with van der Waals surface area (Å²) in [6, 6.07) is 13.0. The van der Waals surface area contributed by atoms with Gasteiger partial charge in [-0.25, -0.2) is 4.98 Å². The quantitative estimate of drug-likeness (QED) is 0.510. The number of fused-ring (bicyclic) bond motifs is 1. The van der Waals surface area contributed by atoms with Crippen LogP contribution in [0.25, 0.3) is 11.3 Å². The Bertz CT molecular complexity index is 1240. The maximum absolute atomic E-state index is 13.0. The van der Waals surface area contributed by atoms with E-state index >= 15 is 0 Å². The molecule has 1 aliphatic carbocycles. The Morgan fingerprint density at radius 1 is 1.03 bits per heavy atom. The minimum absolute atomic E-state index is 0.0237. The molecule has 0 atom stereocenters. The summed E-state index contributed by atoms with van der Waals surface area (Å²) in [5, 5.41) is 6.02. The highest BCUT2D eigenvalue weighted by atomic mass is 32.1. The van der Waals surface area contributed by atoms with Crippen molar-refractivity contribution in [2.75, 3.05) is 6.54 Å². The van der Waals surface area contributed by atoms with E-state index in [-0.39, 0.29) is 23.8 Å². The zero-order chi connectivity index (χ0) is 23.7. The van der Waals surface area contributed by atoms with Gasteiger partial charge in [0.1, 0.15) is 0 Å². The molecule has 1 saturated carbocycles. The van der Waals surface area contributed by atoms with Gasteiger partial charge in [-0.05, 0) is 49.9 Å². The second-order valence-electron chi connectivity index (χ2n) is 8.99. The van der Waals surface area contributed by atoms with E-state index in [0.29, 0.717) is 29.7 Å². The molecule has 0 saturated heterocycles. The van der Waals surface area contributed by atoms with Crippen LogP contribution in [0.2, 0.25) is 0 Å². The molecule has 3 aromatic rings. The van der Waals surface area contributed by atoms with Crippen LogP contribution in [-0.2, 0) is 6.42 Å². The molecule has 2 aliphatic rings. The largest absolute Gasteiger partial charge is 0.352 e. The Morgan fingerprint density at radius 2 is 1.76 bits per heavy atom. The normalized spacial score (nSPS) is 16.1. The lowest BCUT2D eigenvalue weighted by atomic mass is 9.94. The fourth-order valence-electron chi connectivity index (χ4n) is 4.83. The van der Waals surface area contributed by atoms with Crippen LogP contribution in [0, 0.1) is 6.92 Å². The first kappa shape index (κ1) is 22.5. The highest BCUT2D eigenvalue weighted by Crippen LogP contribution is 2.31. The van der Waals surface area contributed by atoms with Crippen molar-refractivity contribution in [3.8, 4) is 11.3 Å². The molecule has 5 rings (SSSR count). The zero-order valence-corrected chi connectivity index (χ0v) is 20.0. The summed E-state index contributed by atoms with van der Waals surface area (Å²) in [7, 11) is 0. The molecule has 0 radical (unpaired) electrons. The van der Waals surface area contributed by atoms with Gasteiger partial charge in [-0.1, -0.05) is 43.5 Å². The van der Waals surface area contributed by atoms with Crippen LogP contribution in [0.5, 0.6) is 0 Å². The van der Waals surface area contributed by atoms with Crippen LogP contribution in [0.1, 0.15) is 73.7 Å². The van der Waals surface area contributed by atoms with Crippen LogP contribution >= 0.6 is 11.3 Å². The molecule has 6 nitrogen and oxygen atoms in total. The van der Waals surface area contributed by atoms with E-state index < -0.39 is 0 Å². The maximum atomic E-state index is 13.0. The molecular formula is C27H27N3O3S. The van der Waals surface area contributed by atoms with E-state index in [2.05, 4.69) is 22.4 Å². The number of carbonyl (C=O) groups excluding carboxylic acids is 3. The van der Waals surface area contributed by atoms with Crippen molar-refractivity contribution in [3.05, 3.63) is 75.1 Å². The second kappa shape index (κ2) is 9.50. The molecule has 1 fully saturated rings. The first-order chi connectivity index (χ1) is 16.5. The molecule has 7 heteroatoms. The maximum Gasteiger partial charge on any atom is 0.261 e. The Kier molecular flexibility index (Phi) is 6.28. The number of thiazole rings is 1. The number of hydrogen-bond donors (Lipinski definition) is 1. The molecule has 2 aromatic carbocycles. The minimum atomic E-state index is -0.267. The van der Waals surface area contributed by atoms with Crippen LogP contribution < -0.4 is 5.32 Å². The predicted molar refractivity (Wildman–Crippen MR) is 132 cm³/mol. The Labute approximate surface area is 203 Å². The first-order valence-electron chi connectivity index (χ1n) is 11.8. The number of aryl methyl sites for hydroxylation is 1. The molecule has 3 amide bonds. The van der Waals surface area contributed by atoms with Gasteiger partial charge in [-0.3, -0.25) is 19.3 Å². The summed E-state index contributed by atoms with van der Waals surface area (Å²) >= 11 is 1.63. The van der Waals surface area contributed by atoms with Crippen molar-refractivity contribution >= 4 is 29.1 Å². The van der Waals surface area contributed by atoms with Gasteiger partial charge in [0.05, 0.1) is 21.8 Å². The summed E-state index contributed by atoms with van der Waals surface area (Å²) in [4.78, 5) is 44.5. The Balaban J connectivity index is 1.20. The SMILES string of the molecule is Cc1nc(-c2ccc(CCNC(=O)c3ccc4c(c3)C(=O)N(C3CCCCC3)C4=O)cc2)cs1. The number of benzene rings is 2. The van der Waals surface area contributed by atoms with Crippen molar-refractivity contribution in [3.63, 3.8) is 0 Å². The Hall–Kier alpha value is -3.32. The van der Waals surface area contributed by atoms with Gasteiger partial charge < -0.3 is 5.32 Å². The summed E-state index contributed by atoms with van der Waals surface area (Å²) in [6.07, 6.45) is 5.66. The zero-order valence-electron chi connectivity index (χ0n) is 19.2. The fourth-order valence-corrected chi connectivity index (χ4v) is 5.45. The monoisotopic (exact) mass is 473 g/mol. The number of rotatable bonds is 6. The molecular weight excluding hydrogens is 446 g/mol. The van der Waals surface area contributed by atoms with Crippen LogP contribution in [0.3, 0.4) is 0 Å². The highest BCUT2D eigenvalue weighted by Gasteiger charge is 2.40. The molecule has 0 bridgehead atoms. The van der Waals surface area contributed by atoms with Gasteiger partial charge in [0.2, 0.25) is 0 Å². The van der Waals surface area contributed by atoms with E-state index in [1.54, 1.807) is 29.5 Å². The van der Waals surface area contributed by atoms with Crippen LogP contribution in [-0.4, -0.2) is 40.2 Å². The molecule has 34 heavy (non-hydrogen) atoms. The standard InChI is InChI=1S/C27H27N3O3S/c1-17-29-24(16-34-17)19-9-7-18(8-10-19)13-14-28-25(31)20-11-12-22-23(15-20)27(33)30(26(22)32)21-5-3-2-4-6-21/h7-12,15-16,21H,2-6,13-14H2,1H3,(H,28,31). The Morgan fingerprint density at radius 3 is 2.47 bits per heavy atom. The molecule has 1 N–H and O–H groups in total. The molecule has 1 aliphatic heterocycles. The van der Waals surface area contributed by atoms with Crippen molar-refractivity contribution in [1.82, 2.24) is 15.2 Å². The third-order valence-electron chi connectivity index (χ3n) is 6.69. The van der Waals surface area contributed by atoms with Crippen molar-refractivity contribution in [2.45, 2.75) is 51.5 Å². The number of nitrogens with zero attached hydrogens (tertiary/aromatic N) is 2. The van der Waals surface area contributed by atoms with E-state index in [4.69, 9.17) is 0 Å². The van der Waals surface area contributed by atoms with Gasteiger partial charge >= 0.3 is 0 Å². The van der Waals surface area contributed by atoms with Crippen molar-refractivity contribution < 1.29 is 14.4 Å². The van der Waals surface area contributed by atoms with Crippen LogP contribution in [0.4, 0.5) is 0 Å². The average Bonchev–Trinajstić information content (AvgIpc) is 3.40. The third kappa shape index (κ3) is 4.40. The van der Waals surface area contributed by atoms with E-state index in [0.717, 1.165) is 53.9 Å². The van der Waals surface area contributed by atoms with Gasteiger partial charge in [-0.2, -0.15) is 0 Å². The second-order valence-corrected chi connectivity index (χ2v) is 10.0. The number of amides is 3. The fraction of sp³-hybridized carbons (Fsp3) is 0.333. The van der Waals surface area contributed by atoms with Crippen molar-refractivity contribution in [2.24, 2.45) is 0 Å².